The number of ether oxygens (including phenoxy) is 2. The zero-order chi connectivity index (χ0) is 25.4. The van der Waals surface area contributed by atoms with Crippen LogP contribution in [0, 0.1) is 19.5 Å². The van der Waals surface area contributed by atoms with Crippen molar-refractivity contribution in [2.45, 2.75) is 0 Å². The molecule has 0 aliphatic heterocycles. The molecule has 12 heteroatoms. The van der Waals surface area contributed by atoms with Crippen LogP contribution in [-0.2, 0) is 4.79 Å². The van der Waals surface area contributed by atoms with E-state index in [9.17, 15) is 24.1 Å². The zero-order valence-electron chi connectivity index (χ0n) is 18.2. The number of hydrogen-bond donors (Lipinski definition) is 2. The minimum Gasteiger partial charge on any atom is -0.493 e. The molecule has 0 saturated heterocycles. The van der Waals surface area contributed by atoms with Gasteiger partial charge in [-0.15, -0.1) is 0 Å². The SMILES string of the molecule is COc1cc(/C=N/NC(=O)c2ccc([N+](=O)[O-])cc2)cc(I)c1OCC(=O)Nc1ccc(F)cc1. The lowest BCUT2D eigenvalue weighted by Gasteiger charge is -2.13. The summed E-state index contributed by atoms with van der Waals surface area (Å²) in [5, 5.41) is 17.2. The molecule has 0 saturated carbocycles. The fraction of sp³-hybridized carbons (Fsp3) is 0.0870. The second kappa shape index (κ2) is 11.9. The monoisotopic (exact) mass is 592 g/mol. The Labute approximate surface area is 212 Å². The Morgan fingerprint density at radius 3 is 2.46 bits per heavy atom. The van der Waals surface area contributed by atoms with Gasteiger partial charge in [-0.3, -0.25) is 19.7 Å². The predicted molar refractivity (Wildman–Crippen MR) is 134 cm³/mol. The van der Waals surface area contributed by atoms with Gasteiger partial charge in [-0.2, -0.15) is 5.10 Å². The minimum atomic E-state index is -0.555. The number of halogens is 2. The van der Waals surface area contributed by atoms with Crippen LogP contribution in [-0.4, -0.2) is 36.7 Å². The number of methoxy groups -OCH3 is 1. The Balaban J connectivity index is 1.61. The first-order valence-electron chi connectivity index (χ1n) is 9.90. The Morgan fingerprint density at radius 1 is 1.14 bits per heavy atom. The molecule has 0 bridgehead atoms. The van der Waals surface area contributed by atoms with E-state index in [0.29, 0.717) is 26.3 Å². The smallest absolute Gasteiger partial charge is 0.271 e. The Bertz CT molecular complexity index is 1270. The van der Waals surface area contributed by atoms with Crippen LogP contribution in [0.5, 0.6) is 11.5 Å². The first kappa shape index (κ1) is 25.6. The molecule has 2 N–H and O–H groups in total. The summed E-state index contributed by atoms with van der Waals surface area (Å²) < 4.78 is 24.6. The van der Waals surface area contributed by atoms with E-state index in [2.05, 4.69) is 15.8 Å². The van der Waals surface area contributed by atoms with Crippen molar-refractivity contribution in [1.29, 1.82) is 0 Å². The zero-order valence-corrected chi connectivity index (χ0v) is 20.3. The first-order chi connectivity index (χ1) is 16.8. The number of benzene rings is 3. The number of nitrogens with zero attached hydrogens (tertiary/aromatic N) is 2. The molecule has 0 atom stereocenters. The van der Waals surface area contributed by atoms with Crippen LogP contribution in [0.4, 0.5) is 15.8 Å². The van der Waals surface area contributed by atoms with Crippen molar-refractivity contribution in [3.05, 3.63) is 91.3 Å². The number of non-ortho nitro benzene ring substituents is 1. The molecule has 0 unspecified atom stereocenters. The molecule has 0 spiro atoms. The highest BCUT2D eigenvalue weighted by Crippen LogP contribution is 2.33. The van der Waals surface area contributed by atoms with E-state index in [-0.39, 0.29) is 17.9 Å². The number of hydrazone groups is 1. The van der Waals surface area contributed by atoms with Gasteiger partial charge in [0.15, 0.2) is 18.1 Å². The molecule has 10 nitrogen and oxygen atoms in total. The van der Waals surface area contributed by atoms with E-state index in [4.69, 9.17) is 9.47 Å². The maximum atomic E-state index is 13.0. The minimum absolute atomic E-state index is 0.123. The average molecular weight is 592 g/mol. The van der Waals surface area contributed by atoms with Gasteiger partial charge >= 0.3 is 0 Å². The van der Waals surface area contributed by atoms with Crippen molar-refractivity contribution in [1.82, 2.24) is 5.43 Å². The summed E-state index contributed by atoms with van der Waals surface area (Å²) in [4.78, 5) is 34.5. The molecule has 3 rings (SSSR count). The van der Waals surface area contributed by atoms with E-state index in [1.165, 1.54) is 61.9 Å². The van der Waals surface area contributed by atoms with Gasteiger partial charge in [-0.05, 0) is 76.7 Å². The lowest BCUT2D eigenvalue weighted by molar-refractivity contribution is -0.384. The Hall–Kier alpha value is -4.07. The summed E-state index contributed by atoms with van der Waals surface area (Å²) in [7, 11) is 1.44. The number of nitro groups is 1. The van der Waals surface area contributed by atoms with Crippen molar-refractivity contribution in [2.24, 2.45) is 5.10 Å². The van der Waals surface area contributed by atoms with Gasteiger partial charge in [0.25, 0.3) is 17.5 Å². The molecule has 0 aliphatic carbocycles. The fourth-order valence-electron chi connectivity index (χ4n) is 2.79. The van der Waals surface area contributed by atoms with Crippen LogP contribution >= 0.6 is 22.6 Å². The number of rotatable bonds is 9. The van der Waals surface area contributed by atoms with Crippen LogP contribution < -0.4 is 20.2 Å². The molecule has 3 aromatic rings. The van der Waals surface area contributed by atoms with Crippen molar-refractivity contribution in [3.8, 4) is 11.5 Å². The Morgan fingerprint density at radius 2 is 1.83 bits per heavy atom. The van der Waals surface area contributed by atoms with Crippen LogP contribution in [0.3, 0.4) is 0 Å². The Kier molecular flexibility index (Phi) is 8.67. The molecular formula is C23H18FIN4O6. The second-order valence-corrected chi connectivity index (χ2v) is 8.04. The molecule has 0 fully saturated rings. The van der Waals surface area contributed by atoms with Crippen LogP contribution in [0.15, 0.2) is 65.8 Å². The van der Waals surface area contributed by atoms with Crippen LogP contribution in [0.1, 0.15) is 15.9 Å². The first-order valence-corrected chi connectivity index (χ1v) is 11.0. The number of carbonyl (C=O) groups excluding carboxylic acids is 2. The summed E-state index contributed by atoms with van der Waals surface area (Å²) >= 11 is 2.01. The van der Waals surface area contributed by atoms with E-state index >= 15 is 0 Å². The third-order valence-corrected chi connectivity index (χ3v) is 5.25. The summed E-state index contributed by atoms with van der Waals surface area (Å²) in [5.41, 5.74) is 3.45. The number of nitro benzene ring substituents is 1. The quantitative estimate of drug-likeness (QED) is 0.166. The van der Waals surface area contributed by atoms with E-state index in [1.807, 2.05) is 22.6 Å². The third-order valence-electron chi connectivity index (χ3n) is 4.45. The normalized spacial score (nSPS) is 10.6. The number of carbonyl (C=O) groups is 2. The van der Waals surface area contributed by atoms with E-state index in [1.54, 1.807) is 12.1 Å². The largest absolute Gasteiger partial charge is 0.493 e. The molecule has 35 heavy (non-hydrogen) atoms. The van der Waals surface area contributed by atoms with Crippen molar-refractivity contribution < 1.29 is 28.4 Å². The highest BCUT2D eigenvalue weighted by atomic mass is 127. The lowest BCUT2D eigenvalue weighted by atomic mass is 10.2. The van der Waals surface area contributed by atoms with Crippen LogP contribution in [0.25, 0.3) is 0 Å². The number of hydrogen-bond acceptors (Lipinski definition) is 7. The molecule has 0 heterocycles. The number of nitrogens with one attached hydrogen (secondary N) is 2. The predicted octanol–water partition coefficient (Wildman–Crippen LogP) is 4.13. The molecule has 0 radical (unpaired) electrons. The maximum Gasteiger partial charge on any atom is 0.271 e. The van der Waals surface area contributed by atoms with Gasteiger partial charge in [0, 0.05) is 23.4 Å². The van der Waals surface area contributed by atoms with Crippen molar-refractivity contribution >= 4 is 52.0 Å². The van der Waals surface area contributed by atoms with Crippen molar-refractivity contribution in [3.63, 3.8) is 0 Å². The fourth-order valence-corrected chi connectivity index (χ4v) is 3.57. The van der Waals surface area contributed by atoms with Gasteiger partial charge < -0.3 is 14.8 Å². The molecule has 2 amide bonds. The van der Waals surface area contributed by atoms with E-state index < -0.39 is 22.6 Å². The summed E-state index contributed by atoms with van der Waals surface area (Å²) in [6.07, 6.45) is 1.39. The van der Waals surface area contributed by atoms with E-state index in [0.717, 1.165) is 0 Å². The summed E-state index contributed by atoms with van der Waals surface area (Å²) in [6.45, 7) is -0.303. The van der Waals surface area contributed by atoms with Gasteiger partial charge in [0.1, 0.15) is 5.82 Å². The standard InChI is InChI=1S/C23H18FIN4O6/c1-34-20-11-14(12-26-28-23(31)15-2-8-18(9-3-15)29(32)33)10-19(25)22(20)35-13-21(30)27-17-6-4-16(24)5-7-17/h2-12H,13H2,1H3,(H,27,30)(H,28,31)/b26-12+. The lowest BCUT2D eigenvalue weighted by Crippen LogP contribution is -2.20. The molecular weight excluding hydrogens is 574 g/mol. The second-order valence-electron chi connectivity index (χ2n) is 6.88. The molecule has 0 aromatic heterocycles. The van der Waals surface area contributed by atoms with Crippen LogP contribution in [0.2, 0.25) is 0 Å². The molecule has 3 aromatic carbocycles. The third kappa shape index (κ3) is 7.20. The van der Waals surface area contributed by atoms with Gasteiger partial charge in [-0.25, -0.2) is 9.82 Å². The highest BCUT2D eigenvalue weighted by Gasteiger charge is 2.14. The maximum absolute atomic E-state index is 13.0. The van der Waals surface area contributed by atoms with Gasteiger partial charge in [-0.1, -0.05) is 0 Å². The van der Waals surface area contributed by atoms with Gasteiger partial charge in [0.05, 0.1) is 21.8 Å². The topological polar surface area (TPSA) is 132 Å². The highest BCUT2D eigenvalue weighted by molar-refractivity contribution is 14.1. The summed E-state index contributed by atoms with van der Waals surface area (Å²) in [6, 6.07) is 13.8. The van der Waals surface area contributed by atoms with Gasteiger partial charge in [0.2, 0.25) is 0 Å². The average Bonchev–Trinajstić information content (AvgIpc) is 2.84. The van der Waals surface area contributed by atoms with Crippen molar-refractivity contribution in [2.75, 3.05) is 19.0 Å². The summed E-state index contributed by atoms with van der Waals surface area (Å²) in [5.74, 6) is -0.698. The number of anilines is 1. The molecule has 180 valence electrons. The number of amides is 2. The molecule has 0 aliphatic rings.